The number of ether oxygens (including phenoxy) is 2. The molecule has 3 atom stereocenters. The molecule has 2 aliphatic heterocycles. The van der Waals surface area contributed by atoms with E-state index in [-0.39, 0.29) is 19.2 Å². The van der Waals surface area contributed by atoms with E-state index >= 15 is 0 Å². The Morgan fingerprint density at radius 3 is 2.87 bits per heavy atom. The van der Waals surface area contributed by atoms with Crippen molar-refractivity contribution in [2.75, 3.05) is 39.5 Å². The van der Waals surface area contributed by atoms with Gasteiger partial charge in [-0.05, 0) is 0 Å². The molecule has 3 heterocycles. The van der Waals surface area contributed by atoms with Crippen molar-refractivity contribution < 1.29 is 19.7 Å². The Morgan fingerprint density at radius 2 is 2.22 bits per heavy atom. The van der Waals surface area contributed by atoms with Crippen molar-refractivity contribution in [3.63, 3.8) is 0 Å². The van der Waals surface area contributed by atoms with Crippen LogP contribution in [0.15, 0.2) is 16.1 Å². The quantitative estimate of drug-likeness (QED) is 0.478. The maximum atomic E-state index is 12.1. The van der Waals surface area contributed by atoms with Gasteiger partial charge in [-0.25, -0.2) is 14.8 Å². The van der Waals surface area contributed by atoms with Gasteiger partial charge in [0.2, 0.25) is 0 Å². The van der Waals surface area contributed by atoms with E-state index in [1.807, 2.05) is 4.90 Å². The van der Waals surface area contributed by atoms with Gasteiger partial charge in [-0.3, -0.25) is 4.57 Å². The molecule has 10 heteroatoms. The van der Waals surface area contributed by atoms with Gasteiger partial charge < -0.3 is 24.6 Å². The van der Waals surface area contributed by atoms with Gasteiger partial charge in [-0.1, -0.05) is 0 Å². The van der Waals surface area contributed by atoms with Crippen LogP contribution in [0.1, 0.15) is 6.04 Å². The summed E-state index contributed by atoms with van der Waals surface area (Å²) in [5.74, 6) is 0.0601. The zero-order valence-corrected chi connectivity index (χ0v) is 12.5. The Morgan fingerprint density at radius 1 is 1.43 bits per heavy atom. The predicted octanol–water partition coefficient (Wildman–Crippen LogP) is -2.08. The number of aromatic nitrogens is 3. The van der Waals surface area contributed by atoms with E-state index in [2.05, 4.69) is 15.0 Å². The number of aliphatic hydroxyl groups is 2. The molecule has 0 amide bonds. The van der Waals surface area contributed by atoms with Crippen LogP contribution >= 0.6 is 0 Å². The molecule has 0 aliphatic carbocycles. The average molecular weight is 325 g/mol. The summed E-state index contributed by atoms with van der Waals surface area (Å²) in [6, 6.07) is -0.614. The van der Waals surface area contributed by atoms with Crippen molar-refractivity contribution in [2.24, 2.45) is 4.99 Å². The molecule has 2 saturated heterocycles. The van der Waals surface area contributed by atoms with Crippen LogP contribution in [0.25, 0.3) is 0 Å². The maximum Gasteiger partial charge on any atom is 0.352 e. The fourth-order valence-corrected chi connectivity index (χ4v) is 2.52. The molecule has 10 nitrogen and oxygen atoms in total. The first-order chi connectivity index (χ1) is 11.2. The zero-order valence-electron chi connectivity index (χ0n) is 12.5. The minimum absolute atomic E-state index is 0.0601. The first-order valence-corrected chi connectivity index (χ1v) is 7.40. The summed E-state index contributed by atoms with van der Waals surface area (Å²) in [6.07, 6.45) is 1.20. The molecule has 0 spiro atoms. The topological polar surface area (TPSA) is 122 Å². The molecule has 0 bridgehead atoms. The van der Waals surface area contributed by atoms with Crippen molar-refractivity contribution in [3.8, 4) is 0 Å². The number of nitrogens with zero attached hydrogens (tertiary/aromatic N) is 5. The van der Waals surface area contributed by atoms with Crippen molar-refractivity contribution in [1.29, 1.82) is 0 Å². The molecule has 0 unspecified atom stereocenters. The Labute approximate surface area is 132 Å². The highest BCUT2D eigenvalue weighted by Gasteiger charge is 2.37. The molecular weight excluding hydrogens is 306 g/mol. The van der Waals surface area contributed by atoms with Crippen molar-refractivity contribution in [3.05, 3.63) is 16.8 Å². The van der Waals surface area contributed by atoms with Gasteiger partial charge in [0.15, 0.2) is 0 Å². The Hall–Kier alpha value is -1.88. The Kier molecular flexibility index (Phi) is 4.96. The van der Waals surface area contributed by atoms with Crippen LogP contribution in [0, 0.1) is 0 Å². The van der Waals surface area contributed by atoms with Gasteiger partial charge in [0, 0.05) is 13.1 Å². The highest BCUT2D eigenvalue weighted by Crippen LogP contribution is 2.23. The lowest BCUT2D eigenvalue weighted by Crippen LogP contribution is -2.36. The fraction of sp³-hybridized carbons (Fsp3) is 0.692. The monoisotopic (exact) mass is 325 g/mol. The van der Waals surface area contributed by atoms with Gasteiger partial charge in [-0.2, -0.15) is 4.98 Å². The van der Waals surface area contributed by atoms with Crippen LogP contribution in [0.4, 0.5) is 5.95 Å². The van der Waals surface area contributed by atoms with E-state index in [4.69, 9.17) is 14.6 Å². The highest BCUT2D eigenvalue weighted by molar-refractivity contribution is 5.58. The summed E-state index contributed by atoms with van der Waals surface area (Å²) in [5, 5.41) is 19.1. The average Bonchev–Trinajstić information content (AvgIpc) is 2.94. The van der Waals surface area contributed by atoms with Crippen molar-refractivity contribution in [2.45, 2.75) is 18.2 Å². The predicted molar refractivity (Wildman–Crippen MR) is 78.7 cm³/mol. The largest absolute Gasteiger partial charge is 0.394 e. The lowest BCUT2D eigenvalue weighted by atomic mass is 10.1. The molecule has 1 aromatic rings. The third-order valence-electron chi connectivity index (χ3n) is 3.89. The summed E-state index contributed by atoms with van der Waals surface area (Å²) in [6.45, 7) is 2.55. The molecule has 2 N–H and O–H groups in total. The molecule has 3 rings (SSSR count). The summed E-state index contributed by atoms with van der Waals surface area (Å²) >= 11 is 0. The van der Waals surface area contributed by atoms with E-state index in [1.165, 1.54) is 10.9 Å². The molecule has 0 radical (unpaired) electrons. The fourth-order valence-electron chi connectivity index (χ4n) is 2.52. The first kappa shape index (κ1) is 16.0. The normalized spacial score (nSPS) is 28.6. The number of aliphatic hydroxyl groups excluding tert-OH is 2. The molecule has 1 aromatic heterocycles. The van der Waals surface area contributed by atoms with Crippen LogP contribution in [-0.2, 0) is 9.47 Å². The van der Waals surface area contributed by atoms with E-state index in [9.17, 15) is 9.90 Å². The molecule has 2 fully saturated rings. The van der Waals surface area contributed by atoms with Crippen LogP contribution in [0.3, 0.4) is 0 Å². The summed E-state index contributed by atoms with van der Waals surface area (Å²) < 4.78 is 11.7. The maximum absolute atomic E-state index is 12.1. The standard InChI is InChI=1S/C13H19N5O5/c19-5-10-11(20)9(6-23-10)18-8-15-12(16-13(18)21)14-7-17-1-3-22-4-2-17/h7-11,19-20H,1-6H2/b14-7+/t9-,10-,11+/m1/s1. The van der Waals surface area contributed by atoms with Gasteiger partial charge >= 0.3 is 5.69 Å². The minimum atomic E-state index is -0.982. The van der Waals surface area contributed by atoms with Gasteiger partial charge in [0.1, 0.15) is 18.5 Å². The molecule has 23 heavy (non-hydrogen) atoms. The van der Waals surface area contributed by atoms with E-state index in [1.54, 1.807) is 6.34 Å². The van der Waals surface area contributed by atoms with Gasteiger partial charge in [0.25, 0.3) is 5.95 Å². The second-order valence-electron chi connectivity index (χ2n) is 5.35. The second kappa shape index (κ2) is 7.13. The summed E-state index contributed by atoms with van der Waals surface area (Å²) in [5.41, 5.74) is -0.569. The van der Waals surface area contributed by atoms with Crippen LogP contribution in [0.2, 0.25) is 0 Å². The van der Waals surface area contributed by atoms with E-state index < -0.39 is 23.9 Å². The van der Waals surface area contributed by atoms with Crippen LogP contribution in [0.5, 0.6) is 0 Å². The lowest BCUT2D eigenvalue weighted by Gasteiger charge is -2.23. The second-order valence-corrected chi connectivity index (χ2v) is 5.35. The van der Waals surface area contributed by atoms with Crippen molar-refractivity contribution >= 4 is 12.3 Å². The SMILES string of the molecule is O=c1nc(/N=C/N2CCOCC2)ncn1[C@@H]1CO[C@H](CO)[C@H]1O. The van der Waals surface area contributed by atoms with E-state index in [0.29, 0.717) is 13.2 Å². The van der Waals surface area contributed by atoms with Gasteiger partial charge in [0.05, 0.1) is 38.8 Å². The number of hydrogen-bond acceptors (Lipinski definition) is 8. The minimum Gasteiger partial charge on any atom is -0.394 e. The molecule has 2 aliphatic rings. The number of morpholine rings is 1. The van der Waals surface area contributed by atoms with Crippen LogP contribution in [-0.4, -0.2) is 87.7 Å². The summed E-state index contributed by atoms with van der Waals surface area (Å²) in [7, 11) is 0. The molecule has 0 saturated carbocycles. The third-order valence-corrected chi connectivity index (χ3v) is 3.89. The molecule has 0 aromatic carbocycles. The highest BCUT2D eigenvalue weighted by atomic mass is 16.5. The van der Waals surface area contributed by atoms with Gasteiger partial charge in [-0.15, -0.1) is 0 Å². The Balaban J connectivity index is 1.71. The molecular formula is C13H19N5O5. The third kappa shape index (κ3) is 3.55. The lowest BCUT2D eigenvalue weighted by molar-refractivity contribution is 0.00186. The smallest absolute Gasteiger partial charge is 0.352 e. The summed E-state index contributed by atoms with van der Waals surface area (Å²) in [4.78, 5) is 26.0. The Bertz CT molecular complexity index is 615. The van der Waals surface area contributed by atoms with E-state index in [0.717, 1.165) is 13.1 Å². The molecule has 126 valence electrons. The van der Waals surface area contributed by atoms with Crippen molar-refractivity contribution in [1.82, 2.24) is 19.4 Å². The van der Waals surface area contributed by atoms with Crippen LogP contribution < -0.4 is 5.69 Å². The zero-order chi connectivity index (χ0) is 16.2. The number of rotatable bonds is 4. The first-order valence-electron chi connectivity index (χ1n) is 7.40. The number of hydrogen-bond donors (Lipinski definition) is 2. The number of aliphatic imine (C=N–C) groups is 1.